The minimum absolute atomic E-state index is 0.107. The second kappa shape index (κ2) is 8.26. The molecular formula is C19H22O5. The zero-order valence-electron chi connectivity index (χ0n) is 14.3. The largest absolute Gasteiger partial charge is 0.493 e. The fraction of sp³-hybridized carbons (Fsp3) is 0.263. The maximum Gasteiger partial charge on any atom is 0.161 e. The summed E-state index contributed by atoms with van der Waals surface area (Å²) in [5.41, 5.74) is 2.50. The van der Waals surface area contributed by atoms with E-state index in [0.29, 0.717) is 23.0 Å². The molecule has 0 bridgehead atoms. The molecule has 24 heavy (non-hydrogen) atoms. The van der Waals surface area contributed by atoms with Gasteiger partial charge in [-0.25, -0.2) is 0 Å². The van der Waals surface area contributed by atoms with Gasteiger partial charge in [-0.1, -0.05) is 12.1 Å². The quantitative estimate of drug-likeness (QED) is 0.790. The molecule has 0 aliphatic rings. The summed E-state index contributed by atoms with van der Waals surface area (Å²) in [5.74, 6) is 2.55. The van der Waals surface area contributed by atoms with E-state index in [9.17, 15) is 5.11 Å². The van der Waals surface area contributed by atoms with Gasteiger partial charge in [0, 0.05) is 0 Å². The van der Waals surface area contributed by atoms with E-state index in [4.69, 9.17) is 18.9 Å². The minimum atomic E-state index is -0.107. The molecule has 2 aromatic carbocycles. The summed E-state index contributed by atoms with van der Waals surface area (Å²) >= 11 is 0. The van der Waals surface area contributed by atoms with Crippen LogP contribution in [0.4, 0.5) is 0 Å². The highest BCUT2D eigenvalue weighted by Crippen LogP contribution is 2.32. The Morgan fingerprint density at radius 1 is 0.792 bits per heavy atom. The van der Waals surface area contributed by atoms with Crippen molar-refractivity contribution in [1.29, 1.82) is 0 Å². The number of rotatable bonds is 7. The summed E-state index contributed by atoms with van der Waals surface area (Å²) < 4.78 is 21.1. The van der Waals surface area contributed by atoms with Crippen LogP contribution in [-0.4, -0.2) is 40.2 Å². The molecule has 0 spiro atoms. The molecule has 0 unspecified atom stereocenters. The highest BCUT2D eigenvalue weighted by molar-refractivity contribution is 5.83. The summed E-state index contributed by atoms with van der Waals surface area (Å²) in [4.78, 5) is 0. The maximum atomic E-state index is 9.76. The Kier molecular flexibility index (Phi) is 6.09. The van der Waals surface area contributed by atoms with Gasteiger partial charge in [0.05, 0.1) is 35.0 Å². The summed E-state index contributed by atoms with van der Waals surface area (Å²) in [6.45, 7) is -0.107. The lowest BCUT2D eigenvalue weighted by molar-refractivity contribution is 0.349. The van der Waals surface area contributed by atoms with Crippen LogP contribution in [0.25, 0.3) is 11.6 Å². The first-order valence-electron chi connectivity index (χ1n) is 7.42. The third-order valence-corrected chi connectivity index (χ3v) is 3.67. The second-order valence-corrected chi connectivity index (χ2v) is 5.01. The SMILES string of the molecule is COc1ccc(/C=C(\CO)c2ccc(OC)c(OC)c2)cc1OC. The zero-order valence-corrected chi connectivity index (χ0v) is 14.3. The van der Waals surface area contributed by atoms with Gasteiger partial charge in [-0.15, -0.1) is 0 Å². The molecule has 2 rings (SSSR count). The molecule has 0 amide bonds. The van der Waals surface area contributed by atoms with E-state index in [0.717, 1.165) is 16.7 Å². The van der Waals surface area contributed by atoms with E-state index >= 15 is 0 Å². The van der Waals surface area contributed by atoms with E-state index in [1.54, 1.807) is 28.4 Å². The van der Waals surface area contributed by atoms with Crippen LogP contribution in [0.5, 0.6) is 23.0 Å². The lowest BCUT2D eigenvalue weighted by Gasteiger charge is -2.12. The molecule has 0 aromatic heterocycles. The predicted octanol–water partition coefficient (Wildman–Crippen LogP) is 3.25. The molecule has 0 atom stereocenters. The van der Waals surface area contributed by atoms with Crippen molar-refractivity contribution in [2.75, 3.05) is 35.0 Å². The standard InChI is InChI=1S/C19H22O5/c1-21-16-7-5-13(10-18(16)23-3)9-15(12-20)14-6-8-17(22-2)19(11-14)24-4/h5-11,20H,12H2,1-4H3/b15-9+. The highest BCUT2D eigenvalue weighted by Gasteiger charge is 2.09. The number of aliphatic hydroxyl groups is 1. The lowest BCUT2D eigenvalue weighted by atomic mass is 10.0. The molecule has 0 aliphatic carbocycles. The van der Waals surface area contributed by atoms with E-state index in [1.165, 1.54) is 0 Å². The minimum Gasteiger partial charge on any atom is -0.493 e. The van der Waals surface area contributed by atoms with Crippen molar-refractivity contribution in [2.45, 2.75) is 0 Å². The van der Waals surface area contributed by atoms with Crippen LogP contribution < -0.4 is 18.9 Å². The van der Waals surface area contributed by atoms with Crippen molar-refractivity contribution in [3.05, 3.63) is 47.5 Å². The molecule has 0 saturated heterocycles. The highest BCUT2D eigenvalue weighted by atomic mass is 16.5. The van der Waals surface area contributed by atoms with Crippen molar-refractivity contribution in [2.24, 2.45) is 0 Å². The fourth-order valence-electron chi connectivity index (χ4n) is 2.40. The Balaban J connectivity index is 2.42. The third kappa shape index (κ3) is 3.81. The molecule has 1 N–H and O–H groups in total. The molecular weight excluding hydrogens is 308 g/mol. The van der Waals surface area contributed by atoms with Crippen LogP contribution in [0.2, 0.25) is 0 Å². The van der Waals surface area contributed by atoms with Crippen LogP contribution in [-0.2, 0) is 0 Å². The Morgan fingerprint density at radius 3 is 1.88 bits per heavy atom. The van der Waals surface area contributed by atoms with Gasteiger partial charge in [0.1, 0.15) is 0 Å². The average Bonchev–Trinajstić information content (AvgIpc) is 2.65. The lowest BCUT2D eigenvalue weighted by Crippen LogP contribution is -1.95. The molecule has 5 nitrogen and oxygen atoms in total. The molecule has 0 radical (unpaired) electrons. The first-order chi connectivity index (χ1) is 11.7. The van der Waals surface area contributed by atoms with Crippen molar-refractivity contribution in [3.8, 4) is 23.0 Å². The zero-order chi connectivity index (χ0) is 17.5. The summed E-state index contributed by atoms with van der Waals surface area (Å²) in [6, 6.07) is 11.1. The van der Waals surface area contributed by atoms with Crippen molar-refractivity contribution in [1.82, 2.24) is 0 Å². The summed E-state index contributed by atoms with van der Waals surface area (Å²) in [7, 11) is 6.35. The predicted molar refractivity (Wildman–Crippen MR) is 94.0 cm³/mol. The molecule has 0 saturated carbocycles. The van der Waals surface area contributed by atoms with E-state index in [2.05, 4.69) is 0 Å². The van der Waals surface area contributed by atoms with E-state index < -0.39 is 0 Å². The maximum absolute atomic E-state index is 9.76. The number of methoxy groups -OCH3 is 4. The first kappa shape index (κ1) is 17.7. The molecule has 0 aliphatic heterocycles. The van der Waals surface area contributed by atoms with Crippen molar-refractivity contribution in [3.63, 3.8) is 0 Å². The number of aliphatic hydroxyl groups excluding tert-OH is 1. The van der Waals surface area contributed by atoms with Gasteiger partial charge in [-0.05, 0) is 47.0 Å². The molecule has 5 heteroatoms. The van der Waals surface area contributed by atoms with Crippen molar-refractivity contribution >= 4 is 11.6 Å². The molecule has 0 fully saturated rings. The van der Waals surface area contributed by atoms with E-state index in [-0.39, 0.29) is 6.61 Å². The monoisotopic (exact) mass is 330 g/mol. The van der Waals surface area contributed by atoms with Gasteiger partial charge in [0.25, 0.3) is 0 Å². The van der Waals surface area contributed by atoms with Gasteiger partial charge in [-0.3, -0.25) is 0 Å². The Bertz CT molecular complexity index is 722. The third-order valence-electron chi connectivity index (χ3n) is 3.67. The molecule has 2 aromatic rings. The first-order valence-corrected chi connectivity index (χ1v) is 7.42. The van der Waals surface area contributed by atoms with Crippen LogP contribution in [0.3, 0.4) is 0 Å². The van der Waals surface area contributed by atoms with Crippen LogP contribution in [0.1, 0.15) is 11.1 Å². The average molecular weight is 330 g/mol. The number of benzene rings is 2. The van der Waals surface area contributed by atoms with Crippen LogP contribution in [0.15, 0.2) is 36.4 Å². The molecule has 128 valence electrons. The number of hydrogen-bond acceptors (Lipinski definition) is 5. The summed E-state index contributed by atoms with van der Waals surface area (Å²) in [6.07, 6.45) is 1.89. The van der Waals surface area contributed by atoms with Gasteiger partial charge < -0.3 is 24.1 Å². The summed E-state index contributed by atoms with van der Waals surface area (Å²) in [5, 5.41) is 9.76. The Hall–Kier alpha value is -2.66. The van der Waals surface area contributed by atoms with Crippen molar-refractivity contribution < 1.29 is 24.1 Å². The number of ether oxygens (including phenoxy) is 4. The van der Waals surface area contributed by atoms with Crippen LogP contribution >= 0.6 is 0 Å². The topological polar surface area (TPSA) is 57.2 Å². The van der Waals surface area contributed by atoms with Gasteiger partial charge in [-0.2, -0.15) is 0 Å². The smallest absolute Gasteiger partial charge is 0.161 e. The molecule has 0 heterocycles. The fourth-order valence-corrected chi connectivity index (χ4v) is 2.40. The van der Waals surface area contributed by atoms with Gasteiger partial charge >= 0.3 is 0 Å². The van der Waals surface area contributed by atoms with Gasteiger partial charge in [0.2, 0.25) is 0 Å². The Labute approximate surface area is 142 Å². The normalized spacial score (nSPS) is 11.1. The second-order valence-electron chi connectivity index (χ2n) is 5.01. The van der Waals surface area contributed by atoms with Gasteiger partial charge in [0.15, 0.2) is 23.0 Å². The Morgan fingerprint density at radius 2 is 1.33 bits per heavy atom. The van der Waals surface area contributed by atoms with E-state index in [1.807, 2.05) is 42.5 Å². The van der Waals surface area contributed by atoms with Crippen LogP contribution in [0, 0.1) is 0 Å². The number of hydrogen-bond donors (Lipinski definition) is 1.